The molecule has 0 aromatic carbocycles. The van der Waals surface area contributed by atoms with Crippen molar-refractivity contribution in [2.75, 3.05) is 6.54 Å². The maximum Gasteiger partial charge on any atom is 0.104 e. The van der Waals surface area contributed by atoms with Gasteiger partial charge in [-0.15, -0.1) is 0 Å². The molecule has 86 valence electrons. The van der Waals surface area contributed by atoms with Gasteiger partial charge >= 0.3 is 0 Å². The Morgan fingerprint density at radius 1 is 0.929 bits per heavy atom. The Hall–Kier alpha value is -0.0800. The summed E-state index contributed by atoms with van der Waals surface area (Å²) in [5, 5.41) is 12.6. The summed E-state index contributed by atoms with van der Waals surface area (Å²) in [5.74, 6) is 0. The third-order valence-corrected chi connectivity index (χ3v) is 2.46. The topological polar surface area (TPSA) is 32.3 Å². The quantitative estimate of drug-likeness (QED) is 0.420. The van der Waals surface area contributed by atoms with Crippen LogP contribution in [0.3, 0.4) is 0 Å². The van der Waals surface area contributed by atoms with Gasteiger partial charge in [-0.25, -0.2) is 0 Å². The fraction of sp³-hybridized carbons (Fsp3) is 1.00. The first kappa shape index (κ1) is 13.9. The molecular weight excluding hydrogens is 174 g/mol. The maximum atomic E-state index is 9.47. The molecule has 0 heterocycles. The van der Waals surface area contributed by atoms with Crippen molar-refractivity contribution in [3.8, 4) is 0 Å². The molecule has 14 heavy (non-hydrogen) atoms. The lowest BCUT2D eigenvalue weighted by Gasteiger charge is -2.11. The predicted molar refractivity (Wildman–Crippen MR) is 62.3 cm³/mol. The molecular formula is C12H27NO. The van der Waals surface area contributed by atoms with E-state index in [4.69, 9.17) is 0 Å². The van der Waals surface area contributed by atoms with Crippen LogP contribution < -0.4 is 5.32 Å². The molecule has 0 aromatic heterocycles. The molecule has 0 saturated heterocycles. The number of aliphatic hydroxyl groups is 1. The van der Waals surface area contributed by atoms with Gasteiger partial charge in [-0.3, -0.25) is 5.32 Å². The first-order chi connectivity index (χ1) is 6.81. The van der Waals surface area contributed by atoms with Crippen molar-refractivity contribution >= 4 is 0 Å². The van der Waals surface area contributed by atoms with Crippen LogP contribution in [-0.2, 0) is 0 Å². The van der Waals surface area contributed by atoms with Gasteiger partial charge in [-0.2, -0.15) is 0 Å². The monoisotopic (exact) mass is 201 g/mol. The Balaban J connectivity index is 3.02. The lowest BCUT2D eigenvalue weighted by Crippen LogP contribution is -2.29. The van der Waals surface area contributed by atoms with E-state index in [1.807, 2.05) is 0 Å². The van der Waals surface area contributed by atoms with Crippen molar-refractivity contribution in [3.05, 3.63) is 0 Å². The molecule has 1 unspecified atom stereocenters. The second-order valence-corrected chi connectivity index (χ2v) is 4.03. The van der Waals surface area contributed by atoms with Crippen molar-refractivity contribution < 1.29 is 5.11 Å². The van der Waals surface area contributed by atoms with Crippen molar-refractivity contribution in [3.63, 3.8) is 0 Å². The Kier molecular flexibility index (Phi) is 10.9. The zero-order valence-corrected chi connectivity index (χ0v) is 9.89. The molecule has 0 saturated carbocycles. The zero-order chi connectivity index (χ0) is 10.6. The fourth-order valence-corrected chi connectivity index (χ4v) is 1.53. The summed E-state index contributed by atoms with van der Waals surface area (Å²) in [6, 6.07) is 0. The van der Waals surface area contributed by atoms with Gasteiger partial charge in [-0.05, 0) is 25.8 Å². The van der Waals surface area contributed by atoms with Gasteiger partial charge in [0.15, 0.2) is 0 Å². The summed E-state index contributed by atoms with van der Waals surface area (Å²) in [7, 11) is 0. The molecule has 0 rings (SSSR count). The molecule has 0 aliphatic heterocycles. The highest BCUT2D eigenvalue weighted by atomic mass is 16.3. The van der Waals surface area contributed by atoms with E-state index < -0.39 is 0 Å². The number of hydrogen-bond donors (Lipinski definition) is 2. The van der Waals surface area contributed by atoms with Crippen molar-refractivity contribution in [1.29, 1.82) is 0 Å². The summed E-state index contributed by atoms with van der Waals surface area (Å²) in [4.78, 5) is 0. The van der Waals surface area contributed by atoms with E-state index in [-0.39, 0.29) is 6.23 Å². The van der Waals surface area contributed by atoms with Crippen LogP contribution in [0.1, 0.15) is 65.2 Å². The second-order valence-electron chi connectivity index (χ2n) is 4.03. The van der Waals surface area contributed by atoms with Crippen LogP contribution in [-0.4, -0.2) is 17.9 Å². The van der Waals surface area contributed by atoms with E-state index in [9.17, 15) is 5.11 Å². The van der Waals surface area contributed by atoms with Gasteiger partial charge in [0.2, 0.25) is 0 Å². The summed E-state index contributed by atoms with van der Waals surface area (Å²) in [5.41, 5.74) is 0. The molecule has 0 fully saturated rings. The molecule has 0 aliphatic rings. The van der Waals surface area contributed by atoms with Crippen LogP contribution >= 0.6 is 0 Å². The summed E-state index contributed by atoms with van der Waals surface area (Å²) >= 11 is 0. The van der Waals surface area contributed by atoms with E-state index in [1.54, 1.807) is 0 Å². The van der Waals surface area contributed by atoms with Crippen molar-refractivity contribution in [2.45, 2.75) is 71.4 Å². The molecule has 0 spiro atoms. The van der Waals surface area contributed by atoms with Crippen LogP contribution in [0.25, 0.3) is 0 Å². The number of rotatable bonds is 10. The Morgan fingerprint density at radius 2 is 1.57 bits per heavy atom. The standard InChI is InChI=1S/C12H27NO/c1-3-5-6-7-8-9-10-12(14)13-11-4-2/h12-14H,3-11H2,1-2H3. The number of aliphatic hydroxyl groups excluding tert-OH is 1. The minimum atomic E-state index is -0.277. The van der Waals surface area contributed by atoms with Gasteiger partial charge in [0.1, 0.15) is 6.23 Å². The summed E-state index contributed by atoms with van der Waals surface area (Å²) in [6.07, 6.45) is 9.49. The smallest absolute Gasteiger partial charge is 0.104 e. The number of nitrogens with one attached hydrogen (secondary N) is 1. The number of hydrogen-bond acceptors (Lipinski definition) is 2. The van der Waals surface area contributed by atoms with E-state index in [2.05, 4.69) is 19.2 Å². The minimum Gasteiger partial charge on any atom is -0.379 e. The largest absolute Gasteiger partial charge is 0.379 e. The highest BCUT2D eigenvalue weighted by Gasteiger charge is 2.00. The third kappa shape index (κ3) is 10.0. The van der Waals surface area contributed by atoms with E-state index in [0.29, 0.717) is 0 Å². The average Bonchev–Trinajstić information content (AvgIpc) is 2.20. The molecule has 0 aromatic rings. The first-order valence-corrected chi connectivity index (χ1v) is 6.22. The molecule has 0 amide bonds. The molecule has 2 nitrogen and oxygen atoms in total. The minimum absolute atomic E-state index is 0.277. The van der Waals surface area contributed by atoms with Crippen molar-refractivity contribution in [1.82, 2.24) is 5.32 Å². The molecule has 0 aliphatic carbocycles. The van der Waals surface area contributed by atoms with Crippen LogP contribution in [0, 0.1) is 0 Å². The molecule has 2 heteroatoms. The Labute approximate surface area is 89.1 Å². The van der Waals surface area contributed by atoms with Crippen LogP contribution in [0.4, 0.5) is 0 Å². The van der Waals surface area contributed by atoms with Gasteiger partial charge in [-0.1, -0.05) is 46.0 Å². The van der Waals surface area contributed by atoms with Gasteiger partial charge < -0.3 is 5.11 Å². The molecule has 0 bridgehead atoms. The second kappa shape index (κ2) is 11.0. The lowest BCUT2D eigenvalue weighted by molar-refractivity contribution is 0.125. The highest BCUT2D eigenvalue weighted by Crippen LogP contribution is 2.07. The van der Waals surface area contributed by atoms with Crippen LogP contribution in [0.2, 0.25) is 0 Å². The van der Waals surface area contributed by atoms with Crippen LogP contribution in [0.15, 0.2) is 0 Å². The van der Waals surface area contributed by atoms with Crippen molar-refractivity contribution in [2.24, 2.45) is 0 Å². The normalized spacial score (nSPS) is 13.1. The maximum absolute atomic E-state index is 9.47. The van der Waals surface area contributed by atoms with E-state index in [0.717, 1.165) is 25.8 Å². The Bertz CT molecular complexity index is 106. The van der Waals surface area contributed by atoms with Gasteiger partial charge in [0.25, 0.3) is 0 Å². The van der Waals surface area contributed by atoms with Crippen LogP contribution in [0.5, 0.6) is 0 Å². The molecule has 2 N–H and O–H groups in total. The predicted octanol–water partition coefficient (Wildman–Crippen LogP) is 3.06. The molecule has 0 radical (unpaired) electrons. The summed E-state index contributed by atoms with van der Waals surface area (Å²) in [6.45, 7) is 5.28. The average molecular weight is 201 g/mol. The SMILES string of the molecule is CCCCCCCCC(O)NCCC. The van der Waals surface area contributed by atoms with E-state index in [1.165, 1.54) is 32.1 Å². The van der Waals surface area contributed by atoms with Gasteiger partial charge in [0, 0.05) is 0 Å². The molecule has 1 atom stereocenters. The van der Waals surface area contributed by atoms with Gasteiger partial charge in [0.05, 0.1) is 0 Å². The number of unbranched alkanes of at least 4 members (excludes halogenated alkanes) is 5. The zero-order valence-electron chi connectivity index (χ0n) is 9.89. The summed E-state index contributed by atoms with van der Waals surface area (Å²) < 4.78 is 0. The Morgan fingerprint density at radius 3 is 2.21 bits per heavy atom. The fourth-order valence-electron chi connectivity index (χ4n) is 1.53. The third-order valence-electron chi connectivity index (χ3n) is 2.46. The lowest BCUT2D eigenvalue weighted by atomic mass is 10.1. The highest BCUT2D eigenvalue weighted by molar-refractivity contribution is 4.53. The first-order valence-electron chi connectivity index (χ1n) is 6.22. The van der Waals surface area contributed by atoms with E-state index >= 15 is 0 Å².